The Morgan fingerprint density at radius 1 is 1.03 bits per heavy atom. The van der Waals surface area contributed by atoms with Crippen LogP contribution in [0.2, 0.25) is 0 Å². The minimum Gasteiger partial charge on any atom is -0.393 e. The second-order valence-electron chi connectivity index (χ2n) is 9.08. The molecule has 2 nitrogen and oxygen atoms in total. The van der Waals surface area contributed by atoms with E-state index >= 15 is 0 Å². The van der Waals surface area contributed by atoms with Crippen LogP contribution in [0.25, 0.3) is 0 Å². The Hall–Kier alpha value is -1.12. The molecule has 2 unspecified atom stereocenters. The molecule has 29 heavy (non-hydrogen) atoms. The highest BCUT2D eigenvalue weighted by atomic mass is 16.5. The first-order valence-corrected chi connectivity index (χ1v) is 12.1. The number of hydrogen-bond acceptors (Lipinski definition) is 2. The molecule has 2 heteroatoms. The fraction of sp³-hybridized carbons (Fsp3) is 0.704. The summed E-state index contributed by atoms with van der Waals surface area (Å²) in [5.41, 5.74) is 1.45. The molecule has 0 saturated heterocycles. The van der Waals surface area contributed by atoms with Gasteiger partial charge in [-0.05, 0) is 55.4 Å². The molecule has 0 aromatic heterocycles. The van der Waals surface area contributed by atoms with Gasteiger partial charge >= 0.3 is 0 Å². The number of unbranched alkanes of at least 4 members (excludes halogenated alkanes) is 4. The lowest BCUT2D eigenvalue weighted by atomic mass is 9.88. The van der Waals surface area contributed by atoms with Crippen molar-refractivity contribution in [3.8, 4) is 0 Å². The largest absolute Gasteiger partial charge is 0.393 e. The second kappa shape index (κ2) is 14.0. The van der Waals surface area contributed by atoms with Crippen molar-refractivity contribution in [2.75, 3.05) is 7.11 Å². The molecule has 164 valence electrons. The van der Waals surface area contributed by atoms with E-state index in [-0.39, 0.29) is 12.2 Å². The third kappa shape index (κ3) is 8.64. The van der Waals surface area contributed by atoms with E-state index in [1.54, 1.807) is 0 Å². The predicted molar refractivity (Wildman–Crippen MR) is 124 cm³/mol. The fourth-order valence-corrected chi connectivity index (χ4v) is 4.83. The van der Waals surface area contributed by atoms with Gasteiger partial charge in [0.15, 0.2) is 0 Å². The second-order valence-corrected chi connectivity index (χ2v) is 9.08. The zero-order valence-corrected chi connectivity index (χ0v) is 19.1. The molecule has 0 spiro atoms. The van der Waals surface area contributed by atoms with Gasteiger partial charge in [0.1, 0.15) is 0 Å². The van der Waals surface area contributed by atoms with Crippen molar-refractivity contribution < 1.29 is 9.84 Å². The molecule has 1 saturated carbocycles. The van der Waals surface area contributed by atoms with Crippen molar-refractivity contribution in [2.24, 2.45) is 11.8 Å². The Morgan fingerprint density at radius 2 is 1.79 bits per heavy atom. The zero-order valence-electron chi connectivity index (χ0n) is 19.1. The van der Waals surface area contributed by atoms with Crippen molar-refractivity contribution >= 4 is 0 Å². The molecule has 1 aromatic carbocycles. The summed E-state index contributed by atoms with van der Waals surface area (Å²) in [5, 5.41) is 10.5. The number of aliphatic hydroxyl groups is 1. The van der Waals surface area contributed by atoms with Crippen molar-refractivity contribution in [3.63, 3.8) is 0 Å². The number of ether oxygens (including phenoxy) is 1. The maximum atomic E-state index is 10.5. The van der Waals surface area contributed by atoms with Gasteiger partial charge in [0, 0.05) is 7.11 Å². The number of allylic oxidation sites excluding steroid dienone is 1. The van der Waals surface area contributed by atoms with Crippen LogP contribution in [-0.4, -0.2) is 24.4 Å². The molecule has 1 aromatic rings. The van der Waals surface area contributed by atoms with E-state index < -0.39 is 0 Å². The van der Waals surface area contributed by atoms with Crippen molar-refractivity contribution in [3.05, 3.63) is 48.0 Å². The van der Waals surface area contributed by atoms with Crippen LogP contribution in [0.1, 0.15) is 96.0 Å². The summed E-state index contributed by atoms with van der Waals surface area (Å²) >= 11 is 0. The third-order valence-corrected chi connectivity index (χ3v) is 6.85. The van der Waals surface area contributed by atoms with E-state index in [1.165, 1.54) is 50.5 Å². The number of rotatable bonds is 14. The molecular weight excluding hydrogens is 356 g/mol. The van der Waals surface area contributed by atoms with Gasteiger partial charge in [0.05, 0.1) is 12.2 Å². The number of hydrogen-bond donors (Lipinski definition) is 1. The van der Waals surface area contributed by atoms with E-state index in [2.05, 4.69) is 56.3 Å². The molecule has 0 heterocycles. The molecule has 1 aliphatic carbocycles. The summed E-state index contributed by atoms with van der Waals surface area (Å²) < 4.78 is 5.64. The fourth-order valence-electron chi connectivity index (χ4n) is 4.83. The van der Waals surface area contributed by atoms with Crippen LogP contribution in [0.3, 0.4) is 0 Å². The van der Waals surface area contributed by atoms with Crippen LogP contribution >= 0.6 is 0 Å². The summed E-state index contributed by atoms with van der Waals surface area (Å²) in [5.74, 6) is 1.60. The lowest BCUT2D eigenvalue weighted by Crippen LogP contribution is -2.18. The normalized spacial score (nSPS) is 24.2. The average Bonchev–Trinajstić information content (AvgIpc) is 3.10. The van der Waals surface area contributed by atoms with Gasteiger partial charge in [0.25, 0.3) is 0 Å². The first-order valence-electron chi connectivity index (χ1n) is 12.1. The minimum absolute atomic E-state index is 0.117. The first-order chi connectivity index (χ1) is 14.2. The van der Waals surface area contributed by atoms with Gasteiger partial charge in [-0.25, -0.2) is 0 Å². The van der Waals surface area contributed by atoms with E-state index in [1.807, 2.05) is 7.11 Å². The Morgan fingerprint density at radius 3 is 2.52 bits per heavy atom. The Bertz CT molecular complexity index is 553. The molecule has 1 N–H and O–H groups in total. The standard InChI is InChI=1S/C27H44O2/c1-4-5-8-16-25(29-3)20-18-24-19-21-27(28)26(24)17-12-6-9-13-22(2)23-14-10-7-11-15-23/h7,10-11,14-15,18,20,22,24-28H,4-6,8-9,12-13,16-17,19,21H2,1-3H3/t22?,24-,25?,26+,27-/m0/s1. The summed E-state index contributed by atoms with van der Waals surface area (Å²) in [6.45, 7) is 4.58. The van der Waals surface area contributed by atoms with E-state index in [9.17, 15) is 5.11 Å². The van der Waals surface area contributed by atoms with Crippen molar-refractivity contribution in [2.45, 2.75) is 103 Å². The van der Waals surface area contributed by atoms with Crippen LogP contribution in [-0.2, 0) is 4.74 Å². The summed E-state index contributed by atoms with van der Waals surface area (Å²) in [6.07, 6.45) is 17.9. The van der Waals surface area contributed by atoms with Crippen LogP contribution in [0, 0.1) is 11.8 Å². The SMILES string of the molecule is CCCCCC(C=C[C@H]1CC[C@H](O)[C@@H]1CCCCCC(C)c1ccccc1)OC. The molecule has 0 aliphatic heterocycles. The molecule has 5 atom stereocenters. The van der Waals surface area contributed by atoms with Crippen LogP contribution in [0.4, 0.5) is 0 Å². The smallest absolute Gasteiger partial charge is 0.0752 e. The minimum atomic E-state index is -0.117. The van der Waals surface area contributed by atoms with Gasteiger partial charge < -0.3 is 9.84 Å². The zero-order chi connectivity index (χ0) is 20.9. The Labute approximate surface area is 179 Å². The lowest BCUT2D eigenvalue weighted by molar-refractivity contribution is 0.115. The summed E-state index contributed by atoms with van der Waals surface area (Å²) in [4.78, 5) is 0. The van der Waals surface area contributed by atoms with E-state index in [0.29, 0.717) is 17.8 Å². The Balaban J connectivity index is 1.70. The maximum Gasteiger partial charge on any atom is 0.0752 e. The van der Waals surface area contributed by atoms with Crippen LogP contribution < -0.4 is 0 Å². The molecule has 0 amide bonds. The number of aliphatic hydroxyl groups excluding tert-OH is 1. The van der Waals surface area contributed by atoms with E-state index in [0.717, 1.165) is 25.7 Å². The van der Waals surface area contributed by atoms with Gasteiger partial charge in [0.2, 0.25) is 0 Å². The van der Waals surface area contributed by atoms with Crippen molar-refractivity contribution in [1.82, 2.24) is 0 Å². The van der Waals surface area contributed by atoms with Gasteiger partial charge in [-0.15, -0.1) is 0 Å². The number of benzene rings is 1. The first kappa shape index (κ1) is 24.2. The van der Waals surface area contributed by atoms with Crippen LogP contribution in [0.15, 0.2) is 42.5 Å². The third-order valence-electron chi connectivity index (χ3n) is 6.85. The van der Waals surface area contributed by atoms with Gasteiger partial charge in [-0.3, -0.25) is 0 Å². The monoisotopic (exact) mass is 400 g/mol. The average molecular weight is 401 g/mol. The number of methoxy groups -OCH3 is 1. The Kier molecular flexibility index (Phi) is 11.6. The van der Waals surface area contributed by atoms with Gasteiger partial charge in [-0.2, -0.15) is 0 Å². The molecular formula is C27H44O2. The maximum absolute atomic E-state index is 10.5. The molecule has 0 bridgehead atoms. The van der Waals surface area contributed by atoms with Crippen molar-refractivity contribution in [1.29, 1.82) is 0 Å². The highest BCUT2D eigenvalue weighted by Crippen LogP contribution is 2.37. The summed E-state index contributed by atoms with van der Waals surface area (Å²) in [6, 6.07) is 10.9. The molecule has 2 rings (SSSR count). The highest BCUT2D eigenvalue weighted by molar-refractivity contribution is 5.18. The molecule has 0 radical (unpaired) electrons. The molecule has 1 fully saturated rings. The van der Waals surface area contributed by atoms with Gasteiger partial charge in [-0.1, -0.05) is 94.9 Å². The highest BCUT2D eigenvalue weighted by Gasteiger charge is 2.32. The predicted octanol–water partition coefficient (Wildman–Crippen LogP) is 7.28. The van der Waals surface area contributed by atoms with Crippen LogP contribution in [0.5, 0.6) is 0 Å². The quantitative estimate of drug-likeness (QED) is 0.263. The molecule has 1 aliphatic rings. The topological polar surface area (TPSA) is 29.5 Å². The lowest BCUT2D eigenvalue weighted by Gasteiger charge is -2.20. The summed E-state index contributed by atoms with van der Waals surface area (Å²) in [7, 11) is 1.82. The van der Waals surface area contributed by atoms with E-state index in [4.69, 9.17) is 4.74 Å².